The van der Waals surface area contributed by atoms with Gasteiger partial charge in [0.05, 0.1) is 0 Å². The number of para-hydroxylation sites is 2. The number of anilines is 1. The highest BCUT2D eigenvalue weighted by Crippen LogP contribution is 2.42. The number of hydrogen-bond acceptors (Lipinski definition) is 2. The van der Waals surface area contributed by atoms with E-state index in [4.69, 9.17) is 10.2 Å². The highest BCUT2D eigenvalue weighted by atomic mass is 16.3. The standard InChI is InChI=1S/C26H17NO/c27-23-11-5-3-7-17(23)16-13-14-19-22(15-16)18-8-1-2-9-20(18)26-25(19)21-10-4-6-12-24(21)28-26/h1-15H,27H2. The molecule has 28 heavy (non-hydrogen) atoms. The largest absolute Gasteiger partial charge is 0.455 e. The van der Waals surface area contributed by atoms with Gasteiger partial charge in [-0.3, -0.25) is 0 Å². The molecule has 0 aliphatic rings. The molecular weight excluding hydrogens is 342 g/mol. The molecule has 0 aliphatic carbocycles. The van der Waals surface area contributed by atoms with Gasteiger partial charge in [-0.15, -0.1) is 0 Å². The van der Waals surface area contributed by atoms with Crippen LogP contribution in [-0.4, -0.2) is 0 Å². The monoisotopic (exact) mass is 359 g/mol. The van der Waals surface area contributed by atoms with Crippen LogP contribution in [0, 0.1) is 0 Å². The predicted octanol–water partition coefficient (Wildman–Crippen LogP) is 7.14. The SMILES string of the molecule is Nc1ccccc1-c1ccc2c(c1)c1ccccc1c1oc3ccccc3c21. The third-order valence-corrected chi connectivity index (χ3v) is 5.62. The summed E-state index contributed by atoms with van der Waals surface area (Å²) in [5.74, 6) is 0. The Kier molecular flexibility index (Phi) is 3.06. The molecule has 2 N–H and O–H groups in total. The van der Waals surface area contributed by atoms with Gasteiger partial charge in [0, 0.05) is 27.4 Å². The lowest BCUT2D eigenvalue weighted by molar-refractivity contribution is 0.673. The van der Waals surface area contributed by atoms with Crippen LogP contribution in [0.3, 0.4) is 0 Å². The van der Waals surface area contributed by atoms with Crippen molar-refractivity contribution < 1.29 is 4.42 Å². The summed E-state index contributed by atoms with van der Waals surface area (Å²) in [7, 11) is 0. The number of rotatable bonds is 1. The minimum atomic E-state index is 0.793. The van der Waals surface area contributed by atoms with E-state index in [1.807, 2.05) is 30.3 Å². The molecule has 0 unspecified atom stereocenters. The molecule has 0 saturated heterocycles. The number of fused-ring (bicyclic) bond motifs is 8. The Labute approximate surface area is 161 Å². The summed E-state index contributed by atoms with van der Waals surface area (Å²) in [6.07, 6.45) is 0. The molecule has 5 aromatic carbocycles. The molecule has 0 fully saturated rings. The van der Waals surface area contributed by atoms with Crippen LogP contribution >= 0.6 is 0 Å². The van der Waals surface area contributed by atoms with Gasteiger partial charge in [-0.2, -0.15) is 0 Å². The number of nitrogen functional groups attached to an aromatic ring is 1. The molecule has 132 valence electrons. The van der Waals surface area contributed by atoms with Crippen molar-refractivity contribution in [1.29, 1.82) is 0 Å². The lowest BCUT2D eigenvalue weighted by Crippen LogP contribution is -1.89. The smallest absolute Gasteiger partial charge is 0.143 e. The number of hydrogen-bond donors (Lipinski definition) is 1. The normalized spacial score (nSPS) is 11.7. The van der Waals surface area contributed by atoms with Crippen LogP contribution in [0.2, 0.25) is 0 Å². The molecule has 0 radical (unpaired) electrons. The maximum absolute atomic E-state index is 6.29. The lowest BCUT2D eigenvalue weighted by atomic mass is 9.93. The predicted molar refractivity (Wildman–Crippen MR) is 119 cm³/mol. The van der Waals surface area contributed by atoms with E-state index in [0.29, 0.717) is 0 Å². The summed E-state index contributed by atoms with van der Waals surface area (Å²) >= 11 is 0. The van der Waals surface area contributed by atoms with Crippen molar-refractivity contribution in [3.05, 3.63) is 91.0 Å². The first-order valence-corrected chi connectivity index (χ1v) is 9.42. The molecule has 0 atom stereocenters. The van der Waals surface area contributed by atoms with Crippen molar-refractivity contribution in [3.8, 4) is 11.1 Å². The van der Waals surface area contributed by atoms with Gasteiger partial charge in [-0.1, -0.05) is 72.8 Å². The summed E-state index contributed by atoms with van der Waals surface area (Å²) in [6.45, 7) is 0. The second kappa shape index (κ2) is 5.61. The summed E-state index contributed by atoms with van der Waals surface area (Å²) in [4.78, 5) is 0. The Morgan fingerprint density at radius 1 is 0.571 bits per heavy atom. The summed E-state index contributed by atoms with van der Waals surface area (Å²) in [6, 6.07) is 31.4. The van der Waals surface area contributed by atoms with E-state index < -0.39 is 0 Å². The molecule has 6 aromatic rings. The van der Waals surface area contributed by atoms with Gasteiger partial charge in [0.25, 0.3) is 0 Å². The first-order chi connectivity index (χ1) is 13.8. The Hall–Kier alpha value is -3.78. The molecule has 0 aliphatic heterocycles. The summed E-state index contributed by atoms with van der Waals surface area (Å²) in [5, 5.41) is 7.09. The first kappa shape index (κ1) is 15.3. The second-order valence-electron chi connectivity index (χ2n) is 7.20. The van der Waals surface area contributed by atoms with E-state index in [9.17, 15) is 0 Å². The third kappa shape index (κ3) is 2.03. The van der Waals surface area contributed by atoms with Gasteiger partial charge in [0.1, 0.15) is 11.2 Å². The van der Waals surface area contributed by atoms with Gasteiger partial charge in [-0.25, -0.2) is 0 Å². The summed E-state index contributed by atoms with van der Waals surface area (Å²) in [5.41, 5.74) is 11.1. The lowest BCUT2D eigenvalue weighted by Gasteiger charge is -2.10. The fourth-order valence-electron chi connectivity index (χ4n) is 4.33. The van der Waals surface area contributed by atoms with Crippen LogP contribution in [0.25, 0.3) is 54.6 Å². The second-order valence-corrected chi connectivity index (χ2v) is 7.20. The van der Waals surface area contributed by atoms with Gasteiger partial charge in [0.2, 0.25) is 0 Å². The van der Waals surface area contributed by atoms with Gasteiger partial charge >= 0.3 is 0 Å². The number of benzene rings is 5. The molecule has 6 rings (SSSR count). The molecule has 0 amide bonds. The van der Waals surface area contributed by atoms with Crippen LogP contribution in [0.5, 0.6) is 0 Å². The molecule has 2 nitrogen and oxygen atoms in total. The fraction of sp³-hybridized carbons (Fsp3) is 0. The zero-order valence-electron chi connectivity index (χ0n) is 15.1. The highest BCUT2D eigenvalue weighted by Gasteiger charge is 2.16. The van der Waals surface area contributed by atoms with E-state index in [-0.39, 0.29) is 0 Å². The van der Waals surface area contributed by atoms with Crippen molar-refractivity contribution in [2.24, 2.45) is 0 Å². The van der Waals surface area contributed by atoms with Gasteiger partial charge in [-0.05, 0) is 39.9 Å². The van der Waals surface area contributed by atoms with Crippen molar-refractivity contribution in [1.82, 2.24) is 0 Å². The van der Waals surface area contributed by atoms with Crippen molar-refractivity contribution >= 4 is 49.2 Å². The summed E-state index contributed by atoms with van der Waals surface area (Å²) < 4.78 is 6.29. The van der Waals surface area contributed by atoms with Gasteiger partial charge < -0.3 is 10.2 Å². The Bertz CT molecular complexity index is 1520. The van der Waals surface area contributed by atoms with Crippen molar-refractivity contribution in [2.45, 2.75) is 0 Å². The quantitative estimate of drug-likeness (QED) is 0.250. The van der Waals surface area contributed by atoms with E-state index in [1.165, 1.54) is 21.5 Å². The minimum Gasteiger partial charge on any atom is -0.455 e. The minimum absolute atomic E-state index is 0.793. The van der Waals surface area contributed by atoms with Crippen LogP contribution in [0.4, 0.5) is 5.69 Å². The molecular formula is C26H17NO. The zero-order chi connectivity index (χ0) is 18.7. The highest BCUT2D eigenvalue weighted by molar-refractivity contribution is 6.30. The van der Waals surface area contributed by atoms with Crippen molar-refractivity contribution in [2.75, 3.05) is 5.73 Å². The van der Waals surface area contributed by atoms with Gasteiger partial charge in [0.15, 0.2) is 0 Å². The molecule has 1 heterocycles. The van der Waals surface area contributed by atoms with E-state index in [2.05, 4.69) is 60.7 Å². The van der Waals surface area contributed by atoms with Crippen LogP contribution in [-0.2, 0) is 0 Å². The van der Waals surface area contributed by atoms with E-state index in [1.54, 1.807) is 0 Å². The Balaban J connectivity index is 1.83. The average Bonchev–Trinajstić information content (AvgIpc) is 3.14. The molecule has 2 heteroatoms. The fourth-order valence-corrected chi connectivity index (χ4v) is 4.33. The average molecular weight is 359 g/mol. The Morgan fingerprint density at radius 3 is 2.14 bits per heavy atom. The van der Waals surface area contributed by atoms with Crippen molar-refractivity contribution in [3.63, 3.8) is 0 Å². The van der Waals surface area contributed by atoms with E-state index >= 15 is 0 Å². The molecule has 1 aromatic heterocycles. The first-order valence-electron chi connectivity index (χ1n) is 9.42. The maximum Gasteiger partial charge on any atom is 0.143 e. The molecule has 0 spiro atoms. The third-order valence-electron chi connectivity index (χ3n) is 5.62. The molecule has 0 saturated carbocycles. The number of nitrogens with two attached hydrogens (primary N) is 1. The Morgan fingerprint density at radius 2 is 1.29 bits per heavy atom. The van der Waals surface area contributed by atoms with Crippen LogP contribution < -0.4 is 5.73 Å². The molecule has 0 bridgehead atoms. The zero-order valence-corrected chi connectivity index (χ0v) is 15.1. The maximum atomic E-state index is 6.29. The van der Waals surface area contributed by atoms with E-state index in [0.717, 1.165) is 38.8 Å². The van der Waals surface area contributed by atoms with Crippen LogP contribution in [0.15, 0.2) is 95.4 Å². The number of furan rings is 1. The van der Waals surface area contributed by atoms with Crippen LogP contribution in [0.1, 0.15) is 0 Å². The topological polar surface area (TPSA) is 39.2 Å².